The van der Waals surface area contributed by atoms with Crippen molar-refractivity contribution in [2.75, 3.05) is 19.6 Å². The molecule has 0 aliphatic rings. The van der Waals surface area contributed by atoms with E-state index < -0.39 is 0 Å². The summed E-state index contributed by atoms with van der Waals surface area (Å²) >= 11 is 0. The van der Waals surface area contributed by atoms with Crippen LogP contribution in [0.1, 0.15) is 0 Å². The van der Waals surface area contributed by atoms with E-state index in [1.165, 1.54) is 0 Å². The minimum Gasteiger partial charge on any atom is -0.247 e. The first-order valence-corrected chi connectivity index (χ1v) is 6.44. The maximum atomic E-state index is 4.08. The highest BCUT2D eigenvalue weighted by Crippen LogP contribution is 2.16. The van der Waals surface area contributed by atoms with E-state index in [1.54, 1.807) is 21.6 Å². The van der Waals surface area contributed by atoms with Gasteiger partial charge < -0.3 is 0 Å². The Kier molecular flexibility index (Phi) is 5.60. The molecule has 4 heteroatoms. The first-order valence-electron chi connectivity index (χ1n) is 1.78. The Hall–Kier alpha value is 0.850. The molecular weight excluding hydrogens is 146 g/mol. The Morgan fingerprint density at radius 3 is 1.71 bits per heavy atom. The molecule has 0 aromatic heterocycles. The zero-order valence-corrected chi connectivity index (χ0v) is 7.12. The lowest BCUT2D eigenvalue weighted by atomic mass is 11.6. The highest BCUT2D eigenvalue weighted by atomic mass is 33.5. The largest absolute Gasteiger partial charge is 0.247 e. The van der Waals surface area contributed by atoms with E-state index in [0.717, 1.165) is 0 Å². The molecule has 0 aliphatic heterocycles. The molecule has 0 aliphatic carbocycles. The van der Waals surface area contributed by atoms with Crippen molar-refractivity contribution in [3.8, 4) is 0 Å². The molecule has 0 saturated carbocycles. The fourth-order valence-electron chi connectivity index (χ4n) is 0.217. The van der Waals surface area contributed by atoms with Gasteiger partial charge >= 0.3 is 0 Å². The number of rotatable bonds is 2. The van der Waals surface area contributed by atoms with Crippen LogP contribution < -0.4 is 0 Å². The third-order valence-electron chi connectivity index (χ3n) is 0.434. The van der Waals surface area contributed by atoms with Crippen molar-refractivity contribution < 1.29 is 0 Å². The molecule has 0 unspecified atom stereocenters. The molecule has 0 fully saturated rings. The molecule has 0 bridgehead atoms. The molecule has 0 atom stereocenters. The summed E-state index contributed by atoms with van der Waals surface area (Å²) in [5.41, 5.74) is 0. The van der Waals surface area contributed by atoms with Crippen molar-refractivity contribution in [2.24, 2.45) is 4.36 Å². The Labute approximate surface area is 54.5 Å². The lowest BCUT2D eigenvalue weighted by Gasteiger charge is -1.92. The Bertz CT molecular complexity index is 64.6. The third kappa shape index (κ3) is 3.43. The fourth-order valence-corrected chi connectivity index (χ4v) is 3.18. The van der Waals surface area contributed by atoms with Crippen molar-refractivity contribution in [3.05, 3.63) is 0 Å². The van der Waals surface area contributed by atoms with Gasteiger partial charge in [0.05, 0.1) is 0 Å². The standard InChI is InChI=1S/C3H9NS3/c1-4-7(5-2)6-3/h1-3H3. The molecule has 0 saturated heterocycles. The summed E-state index contributed by atoms with van der Waals surface area (Å²) < 4.78 is 4.08. The van der Waals surface area contributed by atoms with Crippen LogP contribution in [-0.4, -0.2) is 19.6 Å². The second-order valence-corrected chi connectivity index (χ2v) is 6.73. The smallest absolute Gasteiger partial charge is 0.0365 e. The minimum absolute atomic E-state index is 0.213. The summed E-state index contributed by atoms with van der Waals surface area (Å²) in [7, 11) is 5.66. The molecule has 7 heavy (non-hydrogen) atoms. The molecule has 0 N–H and O–H groups in total. The van der Waals surface area contributed by atoms with Gasteiger partial charge in [-0.2, -0.15) is 0 Å². The summed E-state index contributed by atoms with van der Waals surface area (Å²) in [6.07, 6.45) is 4.15. The Morgan fingerprint density at radius 1 is 1.29 bits per heavy atom. The van der Waals surface area contributed by atoms with Crippen LogP contribution in [0.15, 0.2) is 4.36 Å². The SMILES string of the molecule is CN=S(SC)SC. The molecular formula is C3H9NS3. The molecule has 44 valence electrons. The average Bonchev–Trinajstić information content (AvgIpc) is 1.72. The van der Waals surface area contributed by atoms with Crippen molar-refractivity contribution in [1.29, 1.82) is 0 Å². The maximum Gasteiger partial charge on any atom is 0.0365 e. The molecule has 0 amide bonds. The van der Waals surface area contributed by atoms with Crippen LogP contribution in [0, 0.1) is 0 Å². The van der Waals surface area contributed by atoms with Gasteiger partial charge in [0.15, 0.2) is 0 Å². The number of nitrogens with zero attached hydrogens (tertiary/aromatic N) is 1. The maximum absolute atomic E-state index is 4.08. The van der Waals surface area contributed by atoms with E-state index >= 15 is 0 Å². The van der Waals surface area contributed by atoms with E-state index in [-0.39, 0.29) is 8.76 Å². The van der Waals surface area contributed by atoms with Crippen LogP contribution in [0.5, 0.6) is 0 Å². The molecule has 1 nitrogen and oxygen atoms in total. The van der Waals surface area contributed by atoms with Gasteiger partial charge in [0.25, 0.3) is 0 Å². The van der Waals surface area contributed by atoms with Gasteiger partial charge in [-0.25, -0.2) is 4.36 Å². The molecule has 0 aromatic rings. The summed E-state index contributed by atoms with van der Waals surface area (Å²) in [5, 5.41) is 0. The van der Waals surface area contributed by atoms with Gasteiger partial charge in [0, 0.05) is 15.8 Å². The Balaban J connectivity index is 3.38. The average molecular weight is 155 g/mol. The molecule has 0 rings (SSSR count). The van der Waals surface area contributed by atoms with Gasteiger partial charge in [-0.3, -0.25) is 0 Å². The predicted octanol–water partition coefficient (Wildman–Crippen LogP) is 1.97. The van der Waals surface area contributed by atoms with Gasteiger partial charge in [0.2, 0.25) is 0 Å². The zero-order valence-electron chi connectivity index (χ0n) is 4.67. The van der Waals surface area contributed by atoms with Crippen LogP contribution in [-0.2, 0) is 8.76 Å². The Morgan fingerprint density at radius 2 is 1.71 bits per heavy atom. The highest BCUT2D eigenvalue weighted by molar-refractivity contribution is 9.02. The van der Waals surface area contributed by atoms with Gasteiger partial charge in [-0.05, 0) is 12.5 Å². The van der Waals surface area contributed by atoms with Gasteiger partial charge in [-0.15, -0.1) is 0 Å². The summed E-state index contributed by atoms with van der Waals surface area (Å²) in [4.78, 5) is 0. The van der Waals surface area contributed by atoms with Crippen molar-refractivity contribution in [2.45, 2.75) is 0 Å². The first kappa shape index (κ1) is 7.85. The van der Waals surface area contributed by atoms with Crippen LogP contribution >= 0.6 is 21.6 Å². The molecule has 0 heterocycles. The van der Waals surface area contributed by atoms with Crippen LogP contribution in [0.3, 0.4) is 0 Å². The van der Waals surface area contributed by atoms with Crippen LogP contribution in [0.25, 0.3) is 0 Å². The predicted molar refractivity (Wildman–Crippen MR) is 42.7 cm³/mol. The van der Waals surface area contributed by atoms with E-state index in [1.807, 2.05) is 7.05 Å². The number of hydrogen-bond acceptors (Lipinski definition) is 3. The van der Waals surface area contributed by atoms with E-state index in [0.29, 0.717) is 0 Å². The first-order chi connectivity index (χ1) is 3.35. The van der Waals surface area contributed by atoms with Gasteiger partial charge in [0.1, 0.15) is 0 Å². The second kappa shape index (κ2) is 5.00. The normalized spacial score (nSPS) is 9.71. The van der Waals surface area contributed by atoms with E-state index in [4.69, 9.17) is 0 Å². The van der Waals surface area contributed by atoms with Crippen LogP contribution in [0.2, 0.25) is 0 Å². The summed E-state index contributed by atoms with van der Waals surface area (Å²) in [6, 6.07) is 0. The quantitative estimate of drug-likeness (QED) is 0.565. The molecule has 0 aromatic carbocycles. The molecule has 0 spiro atoms. The second-order valence-electron chi connectivity index (χ2n) is 0.733. The lowest BCUT2D eigenvalue weighted by molar-refractivity contribution is 1.52. The van der Waals surface area contributed by atoms with Crippen molar-refractivity contribution >= 4 is 30.3 Å². The third-order valence-corrected chi connectivity index (χ3v) is 6.36. The van der Waals surface area contributed by atoms with E-state index in [9.17, 15) is 0 Å². The van der Waals surface area contributed by atoms with Crippen molar-refractivity contribution in [3.63, 3.8) is 0 Å². The van der Waals surface area contributed by atoms with Crippen LogP contribution in [0.4, 0.5) is 0 Å². The summed E-state index contributed by atoms with van der Waals surface area (Å²) in [5.74, 6) is 0. The van der Waals surface area contributed by atoms with Gasteiger partial charge in [-0.1, -0.05) is 21.6 Å². The minimum atomic E-state index is 0.213. The zero-order chi connectivity index (χ0) is 5.70. The fraction of sp³-hybridized carbons (Fsp3) is 1.00. The topological polar surface area (TPSA) is 12.4 Å². The monoisotopic (exact) mass is 155 g/mol. The summed E-state index contributed by atoms with van der Waals surface area (Å²) in [6.45, 7) is 0. The molecule has 0 radical (unpaired) electrons. The van der Waals surface area contributed by atoms with E-state index in [2.05, 4.69) is 16.9 Å². The number of hydrogen-bond donors (Lipinski definition) is 0. The highest BCUT2D eigenvalue weighted by Gasteiger charge is 1.83. The van der Waals surface area contributed by atoms with Crippen molar-refractivity contribution in [1.82, 2.24) is 0 Å². The lowest BCUT2D eigenvalue weighted by Crippen LogP contribution is -1.66.